The first-order valence-electron chi connectivity index (χ1n) is 6.73. The fourth-order valence-electron chi connectivity index (χ4n) is 2.99. The molecule has 0 unspecified atom stereocenters. The van der Waals surface area contributed by atoms with Gasteiger partial charge in [-0.15, -0.1) is 0 Å². The van der Waals surface area contributed by atoms with Crippen LogP contribution in [0.3, 0.4) is 0 Å². The van der Waals surface area contributed by atoms with Crippen LogP contribution in [0.5, 0.6) is 0 Å². The molecule has 2 fully saturated rings. The van der Waals surface area contributed by atoms with Crippen LogP contribution in [0.15, 0.2) is 0 Å². The van der Waals surface area contributed by atoms with Crippen LogP contribution < -0.4 is 5.32 Å². The molecule has 0 bridgehead atoms. The molecule has 0 aliphatic heterocycles. The molecule has 92 valence electrons. The van der Waals surface area contributed by atoms with Crippen molar-refractivity contribution in [2.45, 2.75) is 63.2 Å². The van der Waals surface area contributed by atoms with E-state index < -0.39 is 0 Å². The second-order valence-electron chi connectivity index (χ2n) is 5.02. The molecule has 0 aromatic heterocycles. The van der Waals surface area contributed by atoms with Crippen LogP contribution >= 0.6 is 11.8 Å². The van der Waals surface area contributed by atoms with Gasteiger partial charge in [0.15, 0.2) is 0 Å². The summed E-state index contributed by atoms with van der Waals surface area (Å²) in [5.41, 5.74) is 0. The average Bonchev–Trinajstić information content (AvgIpc) is 2.90. The Labute approximate surface area is 103 Å². The molecule has 0 aromatic carbocycles. The van der Waals surface area contributed by atoms with Crippen molar-refractivity contribution >= 4 is 17.7 Å². The lowest BCUT2D eigenvalue weighted by Crippen LogP contribution is -2.41. The molecule has 1 amide bonds. The van der Waals surface area contributed by atoms with Gasteiger partial charge in [0, 0.05) is 17.2 Å². The van der Waals surface area contributed by atoms with Gasteiger partial charge in [0.25, 0.3) is 0 Å². The van der Waals surface area contributed by atoms with Gasteiger partial charge in [-0.3, -0.25) is 4.79 Å². The molecule has 2 aliphatic rings. The van der Waals surface area contributed by atoms with Crippen molar-refractivity contribution in [1.29, 1.82) is 0 Å². The Morgan fingerprint density at radius 1 is 1.19 bits per heavy atom. The molecule has 2 atom stereocenters. The maximum absolute atomic E-state index is 12.0. The number of amides is 1. The van der Waals surface area contributed by atoms with E-state index in [1.54, 1.807) is 0 Å². The summed E-state index contributed by atoms with van der Waals surface area (Å²) in [6.07, 6.45) is 8.48. The minimum atomic E-state index is 0.327. The van der Waals surface area contributed by atoms with Crippen molar-refractivity contribution in [3.63, 3.8) is 0 Å². The van der Waals surface area contributed by atoms with Gasteiger partial charge in [0.2, 0.25) is 5.91 Å². The van der Waals surface area contributed by atoms with E-state index in [2.05, 4.69) is 12.2 Å². The van der Waals surface area contributed by atoms with Crippen LogP contribution in [0.2, 0.25) is 0 Å². The zero-order valence-electron chi connectivity index (χ0n) is 10.2. The first-order chi connectivity index (χ1) is 7.81. The maximum Gasteiger partial charge on any atom is 0.223 e. The van der Waals surface area contributed by atoms with Gasteiger partial charge in [-0.25, -0.2) is 0 Å². The Hall–Kier alpha value is -0.180. The molecule has 2 aliphatic carbocycles. The Balaban J connectivity index is 1.81. The van der Waals surface area contributed by atoms with Gasteiger partial charge in [0.05, 0.1) is 0 Å². The van der Waals surface area contributed by atoms with Gasteiger partial charge < -0.3 is 5.32 Å². The molecule has 2 saturated carbocycles. The number of rotatable bonds is 4. The summed E-state index contributed by atoms with van der Waals surface area (Å²) in [5.74, 6) is 1.83. The average molecular weight is 241 g/mol. The smallest absolute Gasteiger partial charge is 0.223 e. The molecule has 0 radical (unpaired) electrons. The third-order valence-electron chi connectivity index (χ3n) is 3.89. The second-order valence-corrected chi connectivity index (χ2v) is 6.54. The molecule has 3 heteroatoms. The second kappa shape index (κ2) is 5.95. The molecule has 16 heavy (non-hydrogen) atoms. The lowest BCUT2D eigenvalue weighted by Gasteiger charge is -2.22. The predicted molar refractivity (Wildman–Crippen MR) is 69.7 cm³/mol. The van der Waals surface area contributed by atoms with Gasteiger partial charge in [0.1, 0.15) is 0 Å². The Morgan fingerprint density at radius 2 is 1.94 bits per heavy atom. The predicted octanol–water partition coefficient (Wildman–Crippen LogP) is 2.97. The SMILES string of the molecule is CCS[C@H]1CCC[C@H]1NC(=O)C1CCCC1. The zero-order chi connectivity index (χ0) is 11.4. The van der Waals surface area contributed by atoms with Crippen LogP contribution in [0.1, 0.15) is 51.9 Å². The van der Waals surface area contributed by atoms with Crippen LogP contribution in [-0.4, -0.2) is 23.0 Å². The number of hydrogen-bond donors (Lipinski definition) is 1. The number of nitrogens with one attached hydrogen (secondary N) is 1. The van der Waals surface area contributed by atoms with Crippen LogP contribution in [0, 0.1) is 5.92 Å². The number of thioether (sulfide) groups is 1. The first-order valence-corrected chi connectivity index (χ1v) is 7.78. The van der Waals surface area contributed by atoms with Gasteiger partial charge in [-0.2, -0.15) is 11.8 Å². The first kappa shape index (κ1) is 12.3. The van der Waals surface area contributed by atoms with Gasteiger partial charge in [-0.1, -0.05) is 26.2 Å². The molecule has 2 rings (SSSR count). The molecule has 0 aromatic rings. The van der Waals surface area contributed by atoms with Gasteiger partial charge >= 0.3 is 0 Å². The lowest BCUT2D eigenvalue weighted by molar-refractivity contribution is -0.125. The molecule has 1 N–H and O–H groups in total. The standard InChI is InChI=1S/C13H23NOS/c1-2-16-12-9-5-8-11(12)14-13(15)10-6-3-4-7-10/h10-12H,2-9H2,1H3,(H,14,15)/t11-,12+/m1/s1. The quantitative estimate of drug-likeness (QED) is 0.820. The number of carbonyl (C=O) groups excluding carboxylic acids is 1. The summed E-state index contributed by atoms with van der Waals surface area (Å²) in [5, 5.41) is 3.97. The summed E-state index contributed by atoms with van der Waals surface area (Å²) in [6, 6.07) is 0.457. The van der Waals surface area contributed by atoms with Crippen molar-refractivity contribution in [1.82, 2.24) is 5.32 Å². The molecule has 0 spiro atoms. The summed E-state index contributed by atoms with van der Waals surface area (Å²) >= 11 is 2.02. The van der Waals surface area contributed by atoms with E-state index in [1.807, 2.05) is 11.8 Å². The van der Waals surface area contributed by atoms with E-state index >= 15 is 0 Å². The van der Waals surface area contributed by atoms with E-state index in [0.29, 0.717) is 23.1 Å². The number of hydrogen-bond acceptors (Lipinski definition) is 2. The minimum Gasteiger partial charge on any atom is -0.352 e. The topological polar surface area (TPSA) is 29.1 Å². The third-order valence-corrected chi connectivity index (χ3v) is 5.21. The highest BCUT2D eigenvalue weighted by molar-refractivity contribution is 7.99. The molecule has 2 nitrogen and oxygen atoms in total. The van der Waals surface area contributed by atoms with Crippen molar-refractivity contribution in [3.8, 4) is 0 Å². The van der Waals surface area contributed by atoms with Gasteiger partial charge in [-0.05, 0) is 31.4 Å². The third kappa shape index (κ3) is 2.93. The van der Waals surface area contributed by atoms with Crippen molar-refractivity contribution < 1.29 is 4.79 Å². The van der Waals surface area contributed by atoms with Crippen LogP contribution in [0.25, 0.3) is 0 Å². The highest BCUT2D eigenvalue weighted by Crippen LogP contribution is 2.31. The molecular formula is C13H23NOS. The fraction of sp³-hybridized carbons (Fsp3) is 0.923. The van der Waals surface area contributed by atoms with E-state index in [-0.39, 0.29) is 0 Å². The van der Waals surface area contributed by atoms with Crippen LogP contribution in [0.4, 0.5) is 0 Å². The number of carbonyl (C=O) groups is 1. The highest BCUT2D eigenvalue weighted by atomic mass is 32.2. The Bertz CT molecular complexity index is 238. The Kier molecular flexibility index (Phi) is 4.56. The fourth-order valence-corrected chi connectivity index (χ4v) is 4.19. The summed E-state index contributed by atoms with van der Waals surface area (Å²) < 4.78 is 0. The lowest BCUT2D eigenvalue weighted by atomic mass is 10.1. The molecular weight excluding hydrogens is 218 g/mol. The van der Waals surface area contributed by atoms with Crippen LogP contribution in [-0.2, 0) is 4.79 Å². The molecule has 0 heterocycles. The maximum atomic E-state index is 12.0. The largest absolute Gasteiger partial charge is 0.352 e. The normalized spacial score (nSPS) is 30.8. The van der Waals surface area contributed by atoms with Crippen molar-refractivity contribution in [3.05, 3.63) is 0 Å². The summed E-state index contributed by atoms with van der Waals surface area (Å²) in [4.78, 5) is 12.0. The summed E-state index contributed by atoms with van der Waals surface area (Å²) in [6.45, 7) is 2.21. The monoisotopic (exact) mass is 241 g/mol. The van der Waals surface area contributed by atoms with E-state index in [1.165, 1.54) is 37.9 Å². The van der Waals surface area contributed by atoms with Crippen molar-refractivity contribution in [2.75, 3.05) is 5.75 Å². The van der Waals surface area contributed by atoms with E-state index in [0.717, 1.165) is 12.8 Å². The van der Waals surface area contributed by atoms with Crippen molar-refractivity contribution in [2.24, 2.45) is 5.92 Å². The van der Waals surface area contributed by atoms with E-state index in [4.69, 9.17) is 0 Å². The highest BCUT2D eigenvalue weighted by Gasteiger charge is 2.31. The zero-order valence-corrected chi connectivity index (χ0v) is 11.0. The minimum absolute atomic E-state index is 0.327. The Morgan fingerprint density at radius 3 is 2.62 bits per heavy atom. The molecule has 0 saturated heterocycles. The summed E-state index contributed by atoms with van der Waals surface area (Å²) in [7, 11) is 0. The van der Waals surface area contributed by atoms with E-state index in [9.17, 15) is 4.79 Å².